The average molecular weight is 308 g/mol. The quantitative estimate of drug-likeness (QED) is 0.645. The Balaban J connectivity index is 1.24. The molecule has 16 atom stereocenters. The minimum absolute atomic E-state index is 1.10. The molecule has 0 aromatic heterocycles. The first-order valence-corrected chi connectivity index (χ1v) is 11.9. The molecule has 0 heteroatoms. The highest BCUT2D eigenvalue weighted by Crippen LogP contribution is 3.44. The summed E-state index contributed by atoms with van der Waals surface area (Å²) in [5.41, 5.74) is 8.87. The maximum atomic E-state index is 1.76. The van der Waals surface area contributed by atoms with Gasteiger partial charge < -0.3 is 0 Å². The van der Waals surface area contributed by atoms with Gasteiger partial charge in [-0.15, -0.1) is 0 Å². The molecule has 8 spiro atoms. The van der Waals surface area contributed by atoms with E-state index >= 15 is 0 Å². The topological polar surface area (TPSA) is 0 Å². The van der Waals surface area contributed by atoms with Gasteiger partial charge in [0.25, 0.3) is 0 Å². The number of hydrogen-bond donors (Lipinski definition) is 0. The van der Waals surface area contributed by atoms with Crippen molar-refractivity contribution in [2.45, 2.75) is 25.7 Å². The van der Waals surface area contributed by atoms with Crippen molar-refractivity contribution < 1.29 is 0 Å². The maximum absolute atomic E-state index is 1.76. The molecule has 0 radical (unpaired) electrons. The molecule has 15 aliphatic carbocycles. The normalized spacial score (nSPS) is 122. The molecule has 0 N–H and O–H groups in total. The molecule has 15 fully saturated rings. The zero-order valence-electron chi connectivity index (χ0n) is 13.8. The molecule has 0 aromatic rings. The highest BCUT2D eigenvalue weighted by atomic mass is 15.4. The van der Waals surface area contributed by atoms with Gasteiger partial charge in [-0.25, -0.2) is 0 Å². The Morgan fingerprint density at radius 1 is 0.333 bits per heavy atom. The Bertz CT molecular complexity index is 945. The van der Waals surface area contributed by atoms with Gasteiger partial charge in [0.05, 0.1) is 0 Å². The van der Waals surface area contributed by atoms with Gasteiger partial charge in [0.1, 0.15) is 0 Å². The minimum atomic E-state index is 1.10. The predicted octanol–water partition coefficient (Wildman–Crippen LogP) is 3.04. The SMILES string of the molecule is C1C2C3CC4C5C6C7CC8C9CC%10C%11C%12C1C21C34C52C%121C%111C9%10C87C621. The number of rotatable bonds is 0. The van der Waals surface area contributed by atoms with Crippen LogP contribution >= 0.6 is 0 Å². The van der Waals surface area contributed by atoms with Crippen LogP contribution in [0.3, 0.4) is 0 Å². The molecule has 0 saturated heterocycles. The average Bonchev–Trinajstić information content (AvgIpc) is 2.44. The molecule has 0 bridgehead atoms. The summed E-state index contributed by atoms with van der Waals surface area (Å²) in [6.45, 7) is 0. The maximum Gasteiger partial charge on any atom is -0.00538 e. The van der Waals surface area contributed by atoms with E-state index in [2.05, 4.69) is 0 Å². The van der Waals surface area contributed by atoms with Gasteiger partial charge in [0, 0.05) is 0 Å². The Kier molecular flexibility index (Phi) is 0.527. The van der Waals surface area contributed by atoms with E-state index in [0.717, 1.165) is 43.3 Å². The van der Waals surface area contributed by atoms with Crippen LogP contribution in [0.25, 0.3) is 0 Å². The second kappa shape index (κ2) is 1.44. The summed E-state index contributed by atoms with van der Waals surface area (Å²) in [6, 6.07) is 0. The number of hydrogen-bond acceptors (Lipinski definition) is 0. The molecule has 16 unspecified atom stereocenters. The van der Waals surface area contributed by atoms with Crippen molar-refractivity contribution in [3.63, 3.8) is 0 Å². The van der Waals surface area contributed by atoms with Crippen LogP contribution < -0.4 is 0 Å². The van der Waals surface area contributed by atoms with Gasteiger partial charge >= 0.3 is 0 Å². The van der Waals surface area contributed by atoms with Gasteiger partial charge in [0.2, 0.25) is 0 Å². The van der Waals surface area contributed by atoms with Crippen molar-refractivity contribution in [1.82, 2.24) is 0 Å². The van der Waals surface area contributed by atoms with Crippen LogP contribution in [0.5, 0.6) is 0 Å². The van der Waals surface area contributed by atoms with Crippen molar-refractivity contribution in [3.05, 3.63) is 0 Å². The molecule has 0 aliphatic heterocycles. The fraction of sp³-hybridized carbons (Fsp3) is 1.00. The third-order valence-electron chi connectivity index (χ3n) is 18.7. The first-order valence-electron chi connectivity index (χ1n) is 11.9. The van der Waals surface area contributed by atoms with E-state index in [1.54, 1.807) is 25.7 Å². The van der Waals surface area contributed by atoms with Crippen molar-refractivity contribution >= 4 is 0 Å². The van der Waals surface area contributed by atoms with E-state index in [1.165, 1.54) is 71.0 Å². The van der Waals surface area contributed by atoms with Crippen molar-refractivity contribution in [1.29, 1.82) is 0 Å². The largest absolute Gasteiger partial charge is 0.0458 e. The molecular weight excluding hydrogens is 288 g/mol. The summed E-state index contributed by atoms with van der Waals surface area (Å²) in [7, 11) is 0. The standard InChI is InChI=1S/C24H20/c1-5-6-2-10-15-16-12-4-8-7-3-11-14-13-9(1)17(5)18(6,10)23(15)21(13,17)22(14)19(7,11)20(8,12)24(16,22)23/h5-16H,1-4H2. The predicted molar refractivity (Wildman–Crippen MR) is 79.8 cm³/mol. The highest BCUT2D eigenvalue weighted by molar-refractivity contribution is 5.87. The molecule has 0 heterocycles. The van der Waals surface area contributed by atoms with Gasteiger partial charge in [0.15, 0.2) is 0 Å². The summed E-state index contributed by atoms with van der Waals surface area (Å²) < 4.78 is 0. The van der Waals surface area contributed by atoms with E-state index in [9.17, 15) is 0 Å². The van der Waals surface area contributed by atoms with Crippen molar-refractivity contribution in [3.8, 4) is 0 Å². The lowest BCUT2D eigenvalue weighted by molar-refractivity contribution is -0.983. The minimum Gasteiger partial charge on any atom is -0.0458 e. The molecule has 0 nitrogen and oxygen atoms in total. The highest BCUT2D eigenvalue weighted by Gasteiger charge is 3.42. The van der Waals surface area contributed by atoms with E-state index in [4.69, 9.17) is 0 Å². The molecule has 15 aliphatic rings. The second-order valence-electron chi connectivity index (χ2n) is 14.6. The van der Waals surface area contributed by atoms with Gasteiger partial charge in [-0.1, -0.05) is 0 Å². The lowest BCUT2D eigenvalue weighted by atomic mass is 8.59. The van der Waals surface area contributed by atoms with Crippen LogP contribution in [-0.4, -0.2) is 0 Å². The van der Waals surface area contributed by atoms with E-state index in [0.29, 0.717) is 0 Å². The fourth-order valence-electron chi connectivity index (χ4n) is 22.2. The first-order chi connectivity index (χ1) is 11.9. The summed E-state index contributed by atoms with van der Waals surface area (Å²) in [5.74, 6) is 16.1. The van der Waals surface area contributed by atoms with E-state index in [1.807, 2.05) is 0 Å². The summed E-state index contributed by atoms with van der Waals surface area (Å²) in [5, 5.41) is 0. The third kappa shape index (κ3) is 0.220. The molecule has 15 rings (SSSR count). The van der Waals surface area contributed by atoms with Crippen LogP contribution in [-0.2, 0) is 0 Å². The van der Waals surface area contributed by atoms with Crippen LogP contribution in [0.2, 0.25) is 0 Å². The molecular formula is C24H20. The van der Waals surface area contributed by atoms with Gasteiger partial charge in [-0.3, -0.25) is 0 Å². The second-order valence-corrected chi connectivity index (χ2v) is 14.6. The lowest BCUT2D eigenvalue weighted by Crippen LogP contribution is -3.41. The zero-order valence-corrected chi connectivity index (χ0v) is 13.8. The Morgan fingerprint density at radius 2 is 0.583 bits per heavy atom. The fourth-order valence-corrected chi connectivity index (χ4v) is 22.2. The van der Waals surface area contributed by atoms with Crippen LogP contribution in [0.15, 0.2) is 0 Å². The zero-order chi connectivity index (χ0) is 13.8. The number of fused-ring (bicyclic) bond motifs is 8. The summed E-state index contributed by atoms with van der Waals surface area (Å²) in [6.07, 6.45) is 7.04. The van der Waals surface area contributed by atoms with Gasteiger partial charge in [-0.2, -0.15) is 0 Å². The smallest absolute Gasteiger partial charge is 0.00538 e. The first kappa shape index (κ1) is 8.79. The molecule has 0 amide bonds. The van der Waals surface area contributed by atoms with Crippen molar-refractivity contribution in [2.75, 3.05) is 0 Å². The van der Waals surface area contributed by atoms with E-state index in [-0.39, 0.29) is 0 Å². The third-order valence-corrected chi connectivity index (χ3v) is 18.7. The Morgan fingerprint density at radius 3 is 0.833 bits per heavy atom. The van der Waals surface area contributed by atoms with Gasteiger partial charge in [-0.05, 0) is 140 Å². The lowest BCUT2D eigenvalue weighted by Gasteiger charge is -3.43. The van der Waals surface area contributed by atoms with Crippen LogP contribution in [0.4, 0.5) is 0 Å². The Labute approximate surface area is 140 Å². The van der Waals surface area contributed by atoms with Crippen LogP contribution in [0.1, 0.15) is 25.7 Å². The monoisotopic (exact) mass is 308 g/mol. The molecule has 116 valence electrons. The summed E-state index contributed by atoms with van der Waals surface area (Å²) in [4.78, 5) is 0. The van der Waals surface area contributed by atoms with Crippen molar-refractivity contribution in [2.24, 2.45) is 114 Å². The molecule has 24 heavy (non-hydrogen) atoms. The molecule has 0 aromatic carbocycles. The van der Waals surface area contributed by atoms with E-state index < -0.39 is 0 Å². The van der Waals surface area contributed by atoms with Crippen LogP contribution in [0, 0.1) is 114 Å². The summed E-state index contributed by atoms with van der Waals surface area (Å²) >= 11 is 0. The molecule has 15 saturated carbocycles. The Hall–Kier alpha value is 0.